The largest absolute Gasteiger partial charge is 0.478 e. The third-order valence-electron chi connectivity index (χ3n) is 3.88. The fourth-order valence-corrected chi connectivity index (χ4v) is 3.74. The lowest BCUT2D eigenvalue weighted by Gasteiger charge is -2.12. The molecular formula is C17H14ClN3O4S. The van der Waals surface area contributed by atoms with Gasteiger partial charge in [0.05, 0.1) is 10.9 Å². The molecule has 0 radical (unpaired) electrons. The van der Waals surface area contributed by atoms with E-state index in [0.29, 0.717) is 21.4 Å². The van der Waals surface area contributed by atoms with E-state index in [1.165, 1.54) is 9.95 Å². The highest BCUT2D eigenvalue weighted by atomic mass is 35.5. The molecule has 0 saturated heterocycles. The Labute approximate surface area is 156 Å². The van der Waals surface area contributed by atoms with Crippen LogP contribution in [0.2, 0.25) is 5.02 Å². The monoisotopic (exact) mass is 391 g/mol. The minimum Gasteiger partial charge on any atom is -0.478 e. The number of carboxylic acids is 1. The van der Waals surface area contributed by atoms with Crippen molar-refractivity contribution in [1.29, 1.82) is 0 Å². The molecule has 7 nitrogen and oxygen atoms in total. The lowest BCUT2D eigenvalue weighted by molar-refractivity contribution is -0.116. The van der Waals surface area contributed by atoms with Crippen molar-refractivity contribution in [2.75, 3.05) is 5.32 Å². The number of halogens is 1. The van der Waals surface area contributed by atoms with Gasteiger partial charge in [-0.15, -0.1) is 11.3 Å². The molecule has 134 valence electrons. The molecule has 9 heteroatoms. The zero-order valence-corrected chi connectivity index (χ0v) is 15.4. The topological polar surface area (TPSA) is 101 Å². The van der Waals surface area contributed by atoms with Crippen LogP contribution in [0.5, 0.6) is 0 Å². The van der Waals surface area contributed by atoms with E-state index in [4.69, 9.17) is 11.6 Å². The van der Waals surface area contributed by atoms with Gasteiger partial charge in [0.15, 0.2) is 0 Å². The summed E-state index contributed by atoms with van der Waals surface area (Å²) in [5, 5.41) is 13.9. The average molecular weight is 392 g/mol. The minimum atomic E-state index is -1.20. The number of aromatic nitrogens is 2. The van der Waals surface area contributed by atoms with Gasteiger partial charge < -0.3 is 10.4 Å². The summed E-state index contributed by atoms with van der Waals surface area (Å²) in [6.07, 6.45) is 0. The van der Waals surface area contributed by atoms with Crippen molar-refractivity contribution in [1.82, 2.24) is 9.55 Å². The standard InChI is InChI=1S/C17H14ClN3O4S/c1-8-5-10(18)3-4-12(8)20-13(22)6-21-9(2)19-15-14(16(21)23)11(7-26-15)17(24)25/h3-5,7H,6H2,1-2H3,(H,20,22)(H,24,25). The van der Waals surface area contributed by atoms with Crippen LogP contribution in [0.25, 0.3) is 10.2 Å². The Kier molecular flexibility index (Phi) is 4.80. The van der Waals surface area contributed by atoms with Gasteiger partial charge in [-0.3, -0.25) is 14.2 Å². The van der Waals surface area contributed by atoms with E-state index in [-0.39, 0.29) is 17.5 Å². The molecule has 0 aliphatic heterocycles. The van der Waals surface area contributed by atoms with E-state index in [9.17, 15) is 19.5 Å². The molecule has 0 aliphatic rings. The van der Waals surface area contributed by atoms with Crippen LogP contribution in [-0.2, 0) is 11.3 Å². The maximum Gasteiger partial charge on any atom is 0.337 e. The van der Waals surface area contributed by atoms with E-state index >= 15 is 0 Å². The third kappa shape index (κ3) is 3.33. The minimum absolute atomic E-state index is 0.0172. The van der Waals surface area contributed by atoms with E-state index in [2.05, 4.69) is 10.3 Å². The first kappa shape index (κ1) is 18.1. The lowest BCUT2D eigenvalue weighted by Crippen LogP contribution is -2.30. The Bertz CT molecular complexity index is 1100. The van der Waals surface area contributed by atoms with Crippen molar-refractivity contribution < 1.29 is 14.7 Å². The van der Waals surface area contributed by atoms with E-state index in [1.807, 2.05) is 0 Å². The second-order valence-electron chi connectivity index (χ2n) is 5.69. The molecule has 0 bridgehead atoms. The Morgan fingerprint density at radius 2 is 2.08 bits per heavy atom. The maximum absolute atomic E-state index is 12.7. The van der Waals surface area contributed by atoms with Gasteiger partial charge >= 0.3 is 5.97 Å². The van der Waals surface area contributed by atoms with Gasteiger partial charge in [0.2, 0.25) is 5.91 Å². The first-order valence-electron chi connectivity index (χ1n) is 7.56. The number of aromatic carboxylic acids is 1. The van der Waals surface area contributed by atoms with Crippen LogP contribution < -0.4 is 10.9 Å². The first-order chi connectivity index (χ1) is 12.3. The van der Waals surface area contributed by atoms with Crippen LogP contribution in [0.1, 0.15) is 21.7 Å². The fourth-order valence-electron chi connectivity index (χ4n) is 2.57. The molecule has 2 N–H and O–H groups in total. The Morgan fingerprint density at radius 3 is 2.73 bits per heavy atom. The van der Waals surface area contributed by atoms with Crippen LogP contribution in [0.4, 0.5) is 5.69 Å². The number of anilines is 1. The number of fused-ring (bicyclic) bond motifs is 1. The normalized spacial score (nSPS) is 10.9. The number of carboxylic acid groups (broad SMARTS) is 1. The smallest absolute Gasteiger partial charge is 0.337 e. The lowest BCUT2D eigenvalue weighted by atomic mass is 10.2. The molecule has 0 saturated carbocycles. The zero-order chi connectivity index (χ0) is 19.0. The van der Waals surface area contributed by atoms with Crippen molar-refractivity contribution in [2.24, 2.45) is 0 Å². The predicted molar refractivity (Wildman–Crippen MR) is 100 cm³/mol. The van der Waals surface area contributed by atoms with Crippen LogP contribution in [0.3, 0.4) is 0 Å². The van der Waals surface area contributed by atoms with E-state index < -0.39 is 17.4 Å². The summed E-state index contributed by atoms with van der Waals surface area (Å²) >= 11 is 6.98. The number of nitrogens with one attached hydrogen (secondary N) is 1. The number of rotatable bonds is 4. The SMILES string of the molecule is Cc1cc(Cl)ccc1NC(=O)Cn1c(C)nc2scc(C(=O)O)c2c1=O. The van der Waals surface area contributed by atoms with Crippen molar-refractivity contribution >= 4 is 50.7 Å². The highest BCUT2D eigenvalue weighted by Crippen LogP contribution is 2.22. The quantitative estimate of drug-likeness (QED) is 0.711. The number of hydrogen-bond acceptors (Lipinski definition) is 5. The zero-order valence-electron chi connectivity index (χ0n) is 13.9. The average Bonchev–Trinajstić information content (AvgIpc) is 2.98. The Balaban J connectivity index is 1.95. The van der Waals surface area contributed by atoms with Gasteiger partial charge in [-0.1, -0.05) is 11.6 Å². The number of nitrogens with zero attached hydrogens (tertiary/aromatic N) is 2. The van der Waals surface area contributed by atoms with Crippen LogP contribution in [0, 0.1) is 13.8 Å². The predicted octanol–water partition coefficient (Wildman–Crippen LogP) is 3.07. The van der Waals surface area contributed by atoms with Gasteiger partial charge in [0, 0.05) is 16.1 Å². The van der Waals surface area contributed by atoms with Crippen molar-refractivity contribution in [3.63, 3.8) is 0 Å². The van der Waals surface area contributed by atoms with Gasteiger partial charge in [0.1, 0.15) is 17.2 Å². The van der Waals surface area contributed by atoms with Crippen LogP contribution in [-0.4, -0.2) is 26.5 Å². The number of hydrogen-bond donors (Lipinski definition) is 2. The molecule has 0 atom stereocenters. The number of aryl methyl sites for hydroxylation is 2. The molecular weight excluding hydrogens is 378 g/mol. The van der Waals surface area contributed by atoms with E-state index in [0.717, 1.165) is 16.9 Å². The van der Waals surface area contributed by atoms with Gasteiger partial charge in [-0.25, -0.2) is 9.78 Å². The molecule has 0 spiro atoms. The summed E-state index contributed by atoms with van der Waals surface area (Å²) in [4.78, 5) is 41.0. The molecule has 0 aliphatic carbocycles. The molecule has 3 rings (SSSR count). The second-order valence-corrected chi connectivity index (χ2v) is 6.99. The molecule has 0 fully saturated rings. The van der Waals surface area contributed by atoms with Gasteiger partial charge in [0.25, 0.3) is 5.56 Å². The third-order valence-corrected chi connectivity index (χ3v) is 4.99. The highest BCUT2D eigenvalue weighted by molar-refractivity contribution is 7.17. The Hall–Kier alpha value is -2.71. The molecule has 26 heavy (non-hydrogen) atoms. The number of amides is 1. The summed E-state index contributed by atoms with van der Waals surface area (Å²) in [5.74, 6) is -1.29. The Morgan fingerprint density at radius 1 is 1.35 bits per heavy atom. The molecule has 1 amide bonds. The van der Waals surface area contributed by atoms with E-state index in [1.54, 1.807) is 32.0 Å². The molecule has 3 aromatic rings. The first-order valence-corrected chi connectivity index (χ1v) is 8.81. The number of carbonyl (C=O) groups excluding carboxylic acids is 1. The molecule has 2 heterocycles. The molecule has 0 unspecified atom stereocenters. The summed E-state index contributed by atoms with van der Waals surface area (Å²) in [7, 11) is 0. The highest BCUT2D eigenvalue weighted by Gasteiger charge is 2.19. The van der Waals surface area contributed by atoms with Crippen molar-refractivity contribution in [3.05, 3.63) is 55.9 Å². The number of thiophene rings is 1. The van der Waals surface area contributed by atoms with Crippen LogP contribution >= 0.6 is 22.9 Å². The maximum atomic E-state index is 12.7. The summed E-state index contributed by atoms with van der Waals surface area (Å²) in [6, 6.07) is 5.04. The van der Waals surface area contributed by atoms with Gasteiger partial charge in [-0.05, 0) is 37.6 Å². The van der Waals surface area contributed by atoms with Crippen LogP contribution in [0.15, 0.2) is 28.4 Å². The summed E-state index contributed by atoms with van der Waals surface area (Å²) < 4.78 is 1.17. The van der Waals surface area contributed by atoms with Crippen molar-refractivity contribution in [2.45, 2.75) is 20.4 Å². The van der Waals surface area contributed by atoms with Gasteiger partial charge in [-0.2, -0.15) is 0 Å². The fraction of sp³-hybridized carbons (Fsp3) is 0.176. The molecule has 2 aromatic heterocycles. The molecule has 1 aromatic carbocycles. The second kappa shape index (κ2) is 6.89. The van der Waals surface area contributed by atoms with Crippen molar-refractivity contribution in [3.8, 4) is 0 Å². The number of benzene rings is 1. The number of carbonyl (C=O) groups is 2. The summed E-state index contributed by atoms with van der Waals surface area (Å²) in [6.45, 7) is 3.13. The summed E-state index contributed by atoms with van der Waals surface area (Å²) in [5.41, 5.74) is 0.717.